The van der Waals surface area contributed by atoms with Gasteiger partial charge < -0.3 is 10.0 Å². The number of alkyl halides is 3. The van der Waals surface area contributed by atoms with Crippen LogP contribution in [0.4, 0.5) is 18.9 Å². The van der Waals surface area contributed by atoms with Crippen LogP contribution in [0.1, 0.15) is 0 Å². The minimum Gasteiger partial charge on any atom is -0.480 e. The first kappa shape index (κ1) is 16.0. The Bertz CT molecular complexity index is 526. The Morgan fingerprint density at radius 1 is 1.25 bits per heavy atom. The average molecular weight is 308 g/mol. The largest absolute Gasteiger partial charge is 0.480 e. The molecule has 1 aromatic carbocycles. The molecule has 0 saturated carbocycles. The molecule has 0 aliphatic carbocycles. The van der Waals surface area contributed by atoms with Crippen LogP contribution in [-0.4, -0.2) is 29.6 Å². The average Bonchev–Trinajstić information content (AvgIpc) is 2.33. The van der Waals surface area contributed by atoms with Crippen molar-refractivity contribution in [1.82, 2.24) is 0 Å². The van der Waals surface area contributed by atoms with Crippen molar-refractivity contribution in [3.05, 3.63) is 41.6 Å². The van der Waals surface area contributed by atoms with E-state index in [2.05, 4.69) is 0 Å². The highest BCUT2D eigenvalue weighted by atomic mass is 35.5. The van der Waals surface area contributed by atoms with E-state index >= 15 is 0 Å². The van der Waals surface area contributed by atoms with Gasteiger partial charge in [0.2, 0.25) is 0 Å². The fraction of sp³-hybridized carbons (Fsp3) is 0.167. The molecule has 8 heteroatoms. The number of halogens is 4. The van der Waals surface area contributed by atoms with Crippen molar-refractivity contribution in [1.29, 1.82) is 0 Å². The number of anilines is 1. The SMILES string of the molecule is O=C(O)CN(C=CC(=O)C(F)(F)F)c1ccc(Cl)cc1. The van der Waals surface area contributed by atoms with Crippen molar-refractivity contribution >= 4 is 29.0 Å². The molecule has 20 heavy (non-hydrogen) atoms. The number of benzene rings is 1. The Morgan fingerprint density at radius 2 is 1.80 bits per heavy atom. The van der Waals surface area contributed by atoms with Gasteiger partial charge in [0.15, 0.2) is 0 Å². The summed E-state index contributed by atoms with van der Waals surface area (Å²) in [6.07, 6.45) is -3.95. The van der Waals surface area contributed by atoms with Crippen LogP contribution in [0, 0.1) is 0 Å². The number of hydrogen-bond acceptors (Lipinski definition) is 3. The van der Waals surface area contributed by atoms with Gasteiger partial charge in [0.25, 0.3) is 5.78 Å². The van der Waals surface area contributed by atoms with Crippen LogP contribution >= 0.6 is 11.6 Å². The molecular formula is C12H9ClF3NO3. The minimum absolute atomic E-state index is 0.275. The number of carboxylic acids is 1. The van der Waals surface area contributed by atoms with Gasteiger partial charge in [-0.05, 0) is 24.3 Å². The minimum atomic E-state index is -4.99. The first-order chi connectivity index (χ1) is 9.20. The van der Waals surface area contributed by atoms with Crippen LogP contribution in [-0.2, 0) is 9.59 Å². The number of allylic oxidation sites excluding steroid dienone is 1. The third-order valence-corrected chi connectivity index (χ3v) is 2.40. The van der Waals surface area contributed by atoms with Crippen molar-refractivity contribution in [2.45, 2.75) is 6.18 Å². The Hall–Kier alpha value is -2.02. The Labute approximate surface area is 117 Å². The topological polar surface area (TPSA) is 57.6 Å². The zero-order valence-corrected chi connectivity index (χ0v) is 10.6. The molecule has 0 saturated heterocycles. The van der Waals surface area contributed by atoms with Gasteiger partial charge in [-0.25, -0.2) is 0 Å². The molecule has 0 heterocycles. The monoisotopic (exact) mass is 307 g/mol. The summed E-state index contributed by atoms with van der Waals surface area (Å²) in [4.78, 5) is 22.4. The lowest BCUT2D eigenvalue weighted by Crippen LogP contribution is -2.26. The molecule has 0 aromatic heterocycles. The van der Waals surface area contributed by atoms with Crippen molar-refractivity contribution < 1.29 is 27.9 Å². The van der Waals surface area contributed by atoms with Crippen molar-refractivity contribution in [3.63, 3.8) is 0 Å². The highest BCUT2D eigenvalue weighted by Gasteiger charge is 2.36. The second-order valence-corrected chi connectivity index (χ2v) is 4.11. The number of aliphatic carboxylic acids is 1. The normalized spacial score (nSPS) is 11.6. The van der Waals surface area contributed by atoms with Crippen LogP contribution in [0.15, 0.2) is 36.5 Å². The first-order valence-corrected chi connectivity index (χ1v) is 5.61. The zero-order valence-electron chi connectivity index (χ0n) is 9.89. The molecular weight excluding hydrogens is 299 g/mol. The van der Waals surface area contributed by atoms with Crippen molar-refractivity contribution in [3.8, 4) is 0 Å². The van der Waals surface area contributed by atoms with E-state index in [9.17, 15) is 22.8 Å². The molecule has 108 valence electrons. The molecule has 4 nitrogen and oxygen atoms in total. The lowest BCUT2D eigenvalue weighted by Gasteiger charge is -2.18. The van der Waals surface area contributed by atoms with Crippen LogP contribution in [0.2, 0.25) is 5.02 Å². The predicted molar refractivity (Wildman–Crippen MR) is 66.6 cm³/mol. The maximum absolute atomic E-state index is 12.1. The smallest absolute Gasteiger partial charge is 0.454 e. The molecule has 0 unspecified atom stereocenters. The number of hydrogen-bond donors (Lipinski definition) is 1. The van der Waals surface area contributed by atoms with Crippen molar-refractivity contribution in [2.24, 2.45) is 0 Å². The molecule has 0 bridgehead atoms. The fourth-order valence-electron chi connectivity index (χ4n) is 1.26. The third kappa shape index (κ3) is 4.93. The number of carboxylic acid groups (broad SMARTS) is 1. The van der Waals surface area contributed by atoms with Crippen LogP contribution in [0.25, 0.3) is 0 Å². The molecule has 1 aromatic rings. The fourth-order valence-corrected chi connectivity index (χ4v) is 1.39. The summed E-state index contributed by atoms with van der Waals surface area (Å²) in [5, 5.41) is 9.10. The van der Waals surface area contributed by atoms with E-state index in [-0.39, 0.29) is 6.08 Å². The van der Waals surface area contributed by atoms with Gasteiger partial charge in [-0.3, -0.25) is 9.59 Å². The van der Waals surface area contributed by atoms with Gasteiger partial charge in [0, 0.05) is 23.0 Å². The number of rotatable bonds is 5. The highest BCUT2D eigenvalue weighted by Crippen LogP contribution is 2.20. The van der Waals surface area contributed by atoms with E-state index in [4.69, 9.17) is 16.7 Å². The second-order valence-electron chi connectivity index (χ2n) is 3.68. The summed E-state index contributed by atoms with van der Waals surface area (Å²) in [6.45, 7) is -0.594. The van der Waals surface area contributed by atoms with Gasteiger partial charge in [-0.2, -0.15) is 13.2 Å². The lowest BCUT2D eigenvalue weighted by molar-refractivity contribution is -0.165. The molecule has 0 spiro atoms. The maximum Gasteiger partial charge on any atom is 0.454 e. The second kappa shape index (κ2) is 6.42. The first-order valence-electron chi connectivity index (χ1n) is 5.23. The van der Waals surface area contributed by atoms with Crippen LogP contribution in [0.3, 0.4) is 0 Å². The summed E-state index contributed by atoms with van der Waals surface area (Å²) < 4.78 is 36.2. The summed E-state index contributed by atoms with van der Waals surface area (Å²) in [5.41, 5.74) is 0.294. The number of ketones is 1. The van der Waals surface area contributed by atoms with Gasteiger partial charge in [0.05, 0.1) is 0 Å². The summed E-state index contributed by atoms with van der Waals surface area (Å²) >= 11 is 5.65. The van der Waals surface area contributed by atoms with E-state index in [1.54, 1.807) is 0 Å². The Balaban J connectivity index is 2.96. The Morgan fingerprint density at radius 3 is 2.25 bits per heavy atom. The van der Waals surface area contributed by atoms with Gasteiger partial charge in [0.1, 0.15) is 6.54 Å². The molecule has 0 amide bonds. The number of carbonyl (C=O) groups is 2. The molecule has 1 N–H and O–H groups in total. The van der Waals surface area contributed by atoms with E-state index < -0.39 is 24.5 Å². The number of nitrogens with zero attached hydrogens (tertiary/aromatic N) is 1. The van der Waals surface area contributed by atoms with Crippen LogP contribution < -0.4 is 4.90 Å². The number of carbonyl (C=O) groups excluding carboxylic acids is 1. The van der Waals surface area contributed by atoms with E-state index in [1.165, 1.54) is 24.3 Å². The van der Waals surface area contributed by atoms with Gasteiger partial charge in [-0.15, -0.1) is 0 Å². The summed E-state index contributed by atoms with van der Waals surface area (Å²) in [5.74, 6) is -3.33. The molecule has 0 radical (unpaired) electrons. The van der Waals surface area contributed by atoms with Gasteiger partial charge >= 0.3 is 12.1 Å². The van der Waals surface area contributed by atoms with Gasteiger partial charge in [-0.1, -0.05) is 11.6 Å². The Kier molecular flexibility index (Phi) is 5.15. The molecule has 0 atom stereocenters. The van der Waals surface area contributed by atoms with E-state index in [1.807, 2.05) is 0 Å². The summed E-state index contributed by atoms with van der Waals surface area (Å²) in [7, 11) is 0. The predicted octanol–water partition coefficient (Wildman–Crippen LogP) is 2.88. The molecule has 0 aliphatic heterocycles. The molecule has 0 fully saturated rings. The quantitative estimate of drug-likeness (QED) is 0.850. The summed E-state index contributed by atoms with van der Waals surface area (Å²) in [6, 6.07) is 5.75. The maximum atomic E-state index is 12.1. The van der Waals surface area contributed by atoms with E-state index in [0.29, 0.717) is 10.7 Å². The zero-order chi connectivity index (χ0) is 15.3. The van der Waals surface area contributed by atoms with Crippen molar-refractivity contribution in [2.75, 3.05) is 11.4 Å². The third-order valence-electron chi connectivity index (χ3n) is 2.15. The molecule has 1 rings (SSSR count). The molecule has 0 aliphatic rings. The van der Waals surface area contributed by atoms with E-state index in [0.717, 1.165) is 11.1 Å². The van der Waals surface area contributed by atoms with Crippen LogP contribution in [0.5, 0.6) is 0 Å². The highest BCUT2D eigenvalue weighted by molar-refractivity contribution is 6.30. The lowest BCUT2D eigenvalue weighted by atomic mass is 10.3. The standard InChI is InChI=1S/C12H9ClF3NO3/c13-8-1-3-9(4-2-8)17(7-11(19)20)6-5-10(18)12(14,15)16/h1-6H,7H2,(H,19,20).